The van der Waals surface area contributed by atoms with E-state index >= 15 is 0 Å². The van der Waals surface area contributed by atoms with Crippen LogP contribution in [-0.2, 0) is 20.7 Å². The van der Waals surface area contributed by atoms with Gasteiger partial charge in [-0.15, -0.1) is 0 Å². The molecule has 2 rings (SSSR count). The van der Waals surface area contributed by atoms with Gasteiger partial charge in [-0.25, -0.2) is 9.18 Å². The summed E-state index contributed by atoms with van der Waals surface area (Å²) in [6.07, 6.45) is 3.14. The zero-order valence-electron chi connectivity index (χ0n) is 15.5. The second-order valence-corrected chi connectivity index (χ2v) is 6.37. The third kappa shape index (κ3) is 7.05. The van der Waals surface area contributed by atoms with Gasteiger partial charge in [0.1, 0.15) is 5.82 Å². The van der Waals surface area contributed by atoms with Gasteiger partial charge in [-0.1, -0.05) is 48.5 Å². The molecular weight excluding hydrogens is 345 g/mol. The first-order valence-corrected chi connectivity index (χ1v) is 8.93. The van der Waals surface area contributed by atoms with E-state index in [1.54, 1.807) is 18.2 Å². The molecule has 27 heavy (non-hydrogen) atoms. The van der Waals surface area contributed by atoms with Gasteiger partial charge in [0, 0.05) is 17.7 Å². The maximum Gasteiger partial charge on any atom is 0.331 e. The SMILES string of the molecule is C[C@H](CCc1ccccc1)NC(=O)[C@@H](C)OC(=O)/C=C/c1ccccc1F. The van der Waals surface area contributed by atoms with Gasteiger partial charge in [0.25, 0.3) is 5.91 Å². The molecule has 5 heteroatoms. The van der Waals surface area contributed by atoms with Crippen molar-refractivity contribution in [3.05, 3.63) is 77.6 Å². The Balaban J connectivity index is 1.77. The number of benzene rings is 2. The van der Waals surface area contributed by atoms with E-state index in [-0.39, 0.29) is 17.5 Å². The number of hydrogen-bond acceptors (Lipinski definition) is 3. The first kappa shape index (κ1) is 20.4. The average Bonchev–Trinajstić information content (AvgIpc) is 2.66. The third-order valence-electron chi connectivity index (χ3n) is 4.06. The van der Waals surface area contributed by atoms with Crippen LogP contribution in [0.25, 0.3) is 6.08 Å². The quantitative estimate of drug-likeness (QED) is 0.567. The molecule has 1 N–H and O–H groups in total. The Kier molecular flexibility index (Phi) is 7.74. The third-order valence-corrected chi connectivity index (χ3v) is 4.06. The van der Waals surface area contributed by atoms with Gasteiger partial charge < -0.3 is 10.1 Å². The molecule has 0 aromatic heterocycles. The predicted molar refractivity (Wildman–Crippen MR) is 103 cm³/mol. The summed E-state index contributed by atoms with van der Waals surface area (Å²) in [6, 6.07) is 16.0. The molecule has 142 valence electrons. The Morgan fingerprint density at radius 3 is 2.44 bits per heavy atom. The van der Waals surface area contributed by atoms with E-state index in [1.807, 2.05) is 37.3 Å². The smallest absolute Gasteiger partial charge is 0.331 e. The summed E-state index contributed by atoms with van der Waals surface area (Å²) in [4.78, 5) is 24.0. The van der Waals surface area contributed by atoms with Gasteiger partial charge in [0.05, 0.1) is 0 Å². The Hall–Kier alpha value is -2.95. The fraction of sp³-hybridized carbons (Fsp3) is 0.273. The zero-order chi connectivity index (χ0) is 19.6. The minimum atomic E-state index is -0.929. The molecule has 2 aromatic carbocycles. The van der Waals surface area contributed by atoms with E-state index in [9.17, 15) is 14.0 Å². The minimum absolute atomic E-state index is 0.0483. The Morgan fingerprint density at radius 2 is 1.74 bits per heavy atom. The fourth-order valence-corrected chi connectivity index (χ4v) is 2.50. The molecule has 0 saturated carbocycles. The van der Waals surface area contributed by atoms with Crippen LogP contribution in [0.3, 0.4) is 0 Å². The van der Waals surface area contributed by atoms with Crippen LogP contribution in [0.1, 0.15) is 31.4 Å². The van der Waals surface area contributed by atoms with Gasteiger partial charge >= 0.3 is 5.97 Å². The molecule has 0 radical (unpaired) electrons. The number of rotatable bonds is 8. The lowest BCUT2D eigenvalue weighted by Gasteiger charge is -2.17. The highest BCUT2D eigenvalue weighted by Crippen LogP contribution is 2.09. The van der Waals surface area contributed by atoms with Crippen LogP contribution < -0.4 is 5.32 Å². The number of ether oxygens (including phenoxy) is 1. The maximum absolute atomic E-state index is 13.5. The van der Waals surface area contributed by atoms with Crippen LogP contribution in [0.4, 0.5) is 4.39 Å². The highest BCUT2D eigenvalue weighted by atomic mass is 19.1. The molecule has 1 amide bonds. The Bertz CT molecular complexity index is 789. The largest absolute Gasteiger partial charge is 0.449 e. The molecule has 2 atom stereocenters. The number of esters is 1. The van der Waals surface area contributed by atoms with E-state index in [0.717, 1.165) is 18.9 Å². The summed E-state index contributed by atoms with van der Waals surface area (Å²) < 4.78 is 18.6. The molecule has 0 spiro atoms. The Labute approximate surface area is 159 Å². The lowest BCUT2D eigenvalue weighted by atomic mass is 10.1. The number of aryl methyl sites for hydroxylation is 1. The van der Waals surface area contributed by atoms with Crippen molar-refractivity contribution in [3.63, 3.8) is 0 Å². The second kappa shape index (κ2) is 10.3. The Morgan fingerprint density at radius 1 is 1.07 bits per heavy atom. The van der Waals surface area contributed by atoms with Crippen molar-refractivity contribution in [2.24, 2.45) is 0 Å². The molecule has 0 aliphatic carbocycles. The van der Waals surface area contributed by atoms with Gasteiger partial charge in [-0.05, 0) is 44.4 Å². The minimum Gasteiger partial charge on any atom is -0.449 e. The van der Waals surface area contributed by atoms with Crippen molar-refractivity contribution in [2.45, 2.75) is 38.8 Å². The standard InChI is InChI=1S/C22H24FNO3/c1-16(12-13-18-8-4-3-5-9-18)24-22(26)17(2)27-21(25)15-14-19-10-6-7-11-20(19)23/h3-11,14-17H,12-13H2,1-2H3,(H,24,26)/b15-14+/t16-,17-/m1/s1. The van der Waals surface area contributed by atoms with Crippen molar-refractivity contribution in [2.75, 3.05) is 0 Å². The second-order valence-electron chi connectivity index (χ2n) is 6.37. The van der Waals surface area contributed by atoms with Crippen LogP contribution in [-0.4, -0.2) is 24.0 Å². The molecule has 0 heterocycles. The first-order valence-electron chi connectivity index (χ1n) is 8.93. The molecule has 0 aliphatic heterocycles. The van der Waals surface area contributed by atoms with Crippen molar-refractivity contribution in [1.29, 1.82) is 0 Å². The number of nitrogens with one attached hydrogen (secondary N) is 1. The summed E-state index contributed by atoms with van der Waals surface area (Å²) in [5.41, 5.74) is 1.48. The normalized spacial score (nSPS) is 13.1. The molecule has 0 saturated heterocycles. The molecular formula is C22H24FNO3. The van der Waals surface area contributed by atoms with Crippen molar-refractivity contribution in [3.8, 4) is 0 Å². The van der Waals surface area contributed by atoms with Crippen molar-refractivity contribution in [1.82, 2.24) is 5.32 Å². The molecule has 0 fully saturated rings. The van der Waals surface area contributed by atoms with E-state index in [4.69, 9.17) is 4.74 Å². The number of carbonyl (C=O) groups excluding carboxylic acids is 2. The maximum atomic E-state index is 13.5. The van der Waals surface area contributed by atoms with E-state index in [0.29, 0.717) is 0 Å². The van der Waals surface area contributed by atoms with Crippen LogP contribution in [0.5, 0.6) is 0 Å². The molecule has 4 nitrogen and oxygen atoms in total. The monoisotopic (exact) mass is 369 g/mol. The molecule has 2 aromatic rings. The van der Waals surface area contributed by atoms with E-state index < -0.39 is 17.9 Å². The molecule has 0 unspecified atom stereocenters. The van der Waals surface area contributed by atoms with Crippen molar-refractivity contribution >= 4 is 18.0 Å². The van der Waals surface area contributed by atoms with E-state index in [2.05, 4.69) is 5.32 Å². The van der Waals surface area contributed by atoms with Crippen LogP contribution >= 0.6 is 0 Å². The van der Waals surface area contributed by atoms with E-state index in [1.165, 1.54) is 24.6 Å². The summed E-state index contributed by atoms with van der Waals surface area (Å²) >= 11 is 0. The van der Waals surface area contributed by atoms with Crippen LogP contribution in [0, 0.1) is 5.82 Å². The summed E-state index contributed by atoms with van der Waals surface area (Å²) in [6.45, 7) is 3.42. The fourth-order valence-electron chi connectivity index (χ4n) is 2.50. The lowest BCUT2D eigenvalue weighted by Crippen LogP contribution is -2.40. The summed E-state index contributed by atoms with van der Waals surface area (Å²) in [5, 5.41) is 2.84. The number of hydrogen-bond donors (Lipinski definition) is 1. The lowest BCUT2D eigenvalue weighted by molar-refractivity contribution is -0.150. The van der Waals surface area contributed by atoms with Crippen molar-refractivity contribution < 1.29 is 18.7 Å². The zero-order valence-corrected chi connectivity index (χ0v) is 15.5. The first-order chi connectivity index (χ1) is 13.0. The van der Waals surface area contributed by atoms with Gasteiger partial charge in [-0.2, -0.15) is 0 Å². The highest BCUT2D eigenvalue weighted by Gasteiger charge is 2.18. The number of halogens is 1. The summed E-state index contributed by atoms with van der Waals surface area (Å²) in [7, 11) is 0. The number of amides is 1. The average molecular weight is 369 g/mol. The topological polar surface area (TPSA) is 55.4 Å². The van der Waals surface area contributed by atoms with Gasteiger partial charge in [-0.3, -0.25) is 4.79 Å². The van der Waals surface area contributed by atoms with Crippen LogP contribution in [0.15, 0.2) is 60.7 Å². The highest BCUT2D eigenvalue weighted by molar-refractivity contribution is 5.90. The van der Waals surface area contributed by atoms with Gasteiger partial charge in [0.2, 0.25) is 0 Å². The molecule has 0 bridgehead atoms. The number of carbonyl (C=O) groups is 2. The predicted octanol–water partition coefficient (Wildman–Crippen LogP) is 3.91. The van der Waals surface area contributed by atoms with Gasteiger partial charge in [0.15, 0.2) is 6.10 Å². The molecule has 0 aliphatic rings. The summed E-state index contributed by atoms with van der Waals surface area (Å²) in [5.74, 6) is -1.49. The van der Waals surface area contributed by atoms with Crippen LogP contribution in [0.2, 0.25) is 0 Å².